The van der Waals surface area contributed by atoms with E-state index in [9.17, 15) is 10.1 Å². The first-order valence-corrected chi connectivity index (χ1v) is 6.67. The van der Waals surface area contributed by atoms with Crippen molar-refractivity contribution in [3.8, 4) is 11.5 Å². The third-order valence-electron chi connectivity index (χ3n) is 3.11. The monoisotopic (exact) mass is 316 g/mol. The van der Waals surface area contributed by atoms with Crippen LogP contribution in [0.5, 0.6) is 11.5 Å². The maximum absolute atomic E-state index is 10.6. The van der Waals surface area contributed by atoms with Gasteiger partial charge in [-0.05, 0) is 30.7 Å². The third-order valence-corrected chi connectivity index (χ3v) is 3.11. The second-order valence-corrected chi connectivity index (χ2v) is 4.59. The molecule has 0 radical (unpaired) electrons. The predicted octanol–water partition coefficient (Wildman–Crippen LogP) is 2.76. The van der Waals surface area contributed by atoms with Crippen LogP contribution in [0.2, 0.25) is 0 Å². The van der Waals surface area contributed by atoms with Crippen molar-refractivity contribution in [3.63, 3.8) is 0 Å². The smallest absolute Gasteiger partial charge is 0.287 e. The highest BCUT2D eigenvalue weighted by molar-refractivity contribution is 5.83. The highest BCUT2D eigenvalue weighted by Crippen LogP contribution is 2.29. The SMILES string of the molecule is COc1cc(C)c(C=NNc2ccc([N+](=O)[O-])cn2)cc1OC. The van der Waals surface area contributed by atoms with E-state index in [0.717, 1.165) is 11.1 Å². The van der Waals surface area contributed by atoms with Crippen LogP contribution >= 0.6 is 0 Å². The normalized spacial score (nSPS) is 10.6. The summed E-state index contributed by atoms with van der Waals surface area (Å²) in [5.41, 5.74) is 4.45. The zero-order chi connectivity index (χ0) is 16.8. The number of ether oxygens (including phenoxy) is 2. The van der Waals surface area contributed by atoms with Crippen LogP contribution in [0, 0.1) is 17.0 Å². The van der Waals surface area contributed by atoms with E-state index < -0.39 is 4.92 Å². The zero-order valence-electron chi connectivity index (χ0n) is 12.9. The fourth-order valence-corrected chi connectivity index (χ4v) is 1.86. The zero-order valence-corrected chi connectivity index (χ0v) is 12.9. The van der Waals surface area contributed by atoms with Crippen molar-refractivity contribution in [1.29, 1.82) is 0 Å². The molecule has 2 aromatic rings. The summed E-state index contributed by atoms with van der Waals surface area (Å²) in [6, 6.07) is 6.50. The molecule has 1 aromatic heterocycles. The molecule has 1 heterocycles. The highest BCUT2D eigenvalue weighted by atomic mass is 16.6. The largest absolute Gasteiger partial charge is 0.493 e. The Labute approximate surface area is 132 Å². The van der Waals surface area contributed by atoms with E-state index in [1.54, 1.807) is 20.4 Å². The molecule has 1 aromatic carbocycles. The lowest BCUT2D eigenvalue weighted by Crippen LogP contribution is -1.98. The van der Waals surface area contributed by atoms with Crippen molar-refractivity contribution in [3.05, 3.63) is 51.7 Å². The van der Waals surface area contributed by atoms with Crippen LogP contribution in [-0.2, 0) is 0 Å². The number of nitrogens with one attached hydrogen (secondary N) is 1. The number of methoxy groups -OCH3 is 2. The Bertz CT molecular complexity index is 729. The number of nitro groups is 1. The van der Waals surface area contributed by atoms with Gasteiger partial charge in [0.25, 0.3) is 5.69 Å². The minimum Gasteiger partial charge on any atom is -0.493 e. The Morgan fingerprint density at radius 3 is 2.52 bits per heavy atom. The summed E-state index contributed by atoms with van der Waals surface area (Å²) in [7, 11) is 3.14. The molecule has 0 atom stereocenters. The van der Waals surface area contributed by atoms with Crippen molar-refractivity contribution < 1.29 is 14.4 Å². The number of hydrogen-bond acceptors (Lipinski definition) is 7. The number of rotatable bonds is 6. The van der Waals surface area contributed by atoms with Crippen LogP contribution in [0.25, 0.3) is 0 Å². The van der Waals surface area contributed by atoms with Gasteiger partial charge >= 0.3 is 0 Å². The summed E-state index contributed by atoms with van der Waals surface area (Å²) in [5, 5.41) is 14.6. The summed E-state index contributed by atoms with van der Waals surface area (Å²) >= 11 is 0. The van der Waals surface area contributed by atoms with Crippen LogP contribution in [0.4, 0.5) is 11.5 Å². The number of hydrazone groups is 1. The van der Waals surface area contributed by atoms with E-state index in [2.05, 4.69) is 15.5 Å². The Kier molecular flexibility index (Phi) is 5.08. The van der Waals surface area contributed by atoms with E-state index in [0.29, 0.717) is 17.3 Å². The van der Waals surface area contributed by atoms with E-state index in [4.69, 9.17) is 9.47 Å². The third kappa shape index (κ3) is 3.94. The second-order valence-electron chi connectivity index (χ2n) is 4.59. The number of aromatic nitrogens is 1. The molecule has 8 nitrogen and oxygen atoms in total. The Morgan fingerprint density at radius 1 is 1.26 bits per heavy atom. The number of hydrogen-bond donors (Lipinski definition) is 1. The minimum atomic E-state index is -0.507. The molecule has 0 aliphatic carbocycles. The first-order valence-electron chi connectivity index (χ1n) is 6.67. The Morgan fingerprint density at radius 2 is 1.96 bits per heavy atom. The topological polar surface area (TPSA) is 98.9 Å². The molecule has 0 saturated heterocycles. The molecule has 2 rings (SSSR count). The molecule has 8 heteroatoms. The van der Waals surface area contributed by atoms with Gasteiger partial charge in [-0.1, -0.05) is 0 Å². The van der Waals surface area contributed by atoms with Crippen molar-refractivity contribution in [2.45, 2.75) is 6.92 Å². The lowest BCUT2D eigenvalue weighted by atomic mass is 10.1. The maximum atomic E-state index is 10.6. The van der Waals surface area contributed by atoms with Crippen LogP contribution in [-0.4, -0.2) is 30.3 Å². The first kappa shape index (κ1) is 16.2. The molecule has 0 unspecified atom stereocenters. The van der Waals surface area contributed by atoms with Crippen LogP contribution in [0.15, 0.2) is 35.6 Å². The molecular formula is C15H16N4O4. The maximum Gasteiger partial charge on any atom is 0.287 e. The fourth-order valence-electron chi connectivity index (χ4n) is 1.86. The fraction of sp³-hybridized carbons (Fsp3) is 0.200. The van der Waals surface area contributed by atoms with Gasteiger partial charge in [-0.15, -0.1) is 0 Å². The van der Waals surface area contributed by atoms with Gasteiger partial charge in [0.15, 0.2) is 11.5 Å². The van der Waals surface area contributed by atoms with E-state index in [-0.39, 0.29) is 5.69 Å². The van der Waals surface area contributed by atoms with Gasteiger partial charge in [0, 0.05) is 11.6 Å². The summed E-state index contributed by atoms with van der Waals surface area (Å²) in [5.74, 6) is 1.66. The molecular weight excluding hydrogens is 300 g/mol. The second kappa shape index (κ2) is 7.21. The Hall–Kier alpha value is -3.16. The van der Waals surface area contributed by atoms with Crippen molar-refractivity contribution in [2.24, 2.45) is 5.10 Å². The number of aryl methyl sites for hydroxylation is 1. The van der Waals surface area contributed by atoms with Crippen molar-refractivity contribution in [2.75, 3.05) is 19.6 Å². The van der Waals surface area contributed by atoms with Crippen LogP contribution in [0.1, 0.15) is 11.1 Å². The van der Waals surface area contributed by atoms with Gasteiger partial charge in [0.05, 0.1) is 25.4 Å². The summed E-state index contributed by atoms with van der Waals surface area (Å²) < 4.78 is 10.5. The van der Waals surface area contributed by atoms with Crippen LogP contribution < -0.4 is 14.9 Å². The van der Waals surface area contributed by atoms with Crippen LogP contribution in [0.3, 0.4) is 0 Å². The highest BCUT2D eigenvalue weighted by Gasteiger charge is 2.07. The van der Waals surface area contributed by atoms with Gasteiger partial charge in [0.1, 0.15) is 12.0 Å². The lowest BCUT2D eigenvalue weighted by molar-refractivity contribution is -0.385. The Balaban J connectivity index is 2.12. The van der Waals surface area contributed by atoms with E-state index >= 15 is 0 Å². The van der Waals surface area contributed by atoms with E-state index in [1.807, 2.05) is 19.1 Å². The molecule has 0 spiro atoms. The average molecular weight is 316 g/mol. The first-order chi connectivity index (χ1) is 11.0. The number of pyridine rings is 1. The van der Waals surface area contributed by atoms with Crippen molar-refractivity contribution >= 4 is 17.7 Å². The summed E-state index contributed by atoms with van der Waals surface area (Å²) in [4.78, 5) is 14.0. The molecule has 0 saturated carbocycles. The molecule has 120 valence electrons. The van der Waals surface area contributed by atoms with Gasteiger partial charge in [-0.3, -0.25) is 15.5 Å². The average Bonchev–Trinajstić information content (AvgIpc) is 2.56. The summed E-state index contributed by atoms with van der Waals surface area (Å²) in [6.07, 6.45) is 2.78. The standard InChI is InChI=1S/C15H16N4O4/c1-10-6-13(22-2)14(23-3)7-11(10)8-17-18-15-5-4-12(9-16-15)19(20)21/h4-9H,1-3H3,(H,16,18). The van der Waals surface area contributed by atoms with Gasteiger partial charge in [-0.2, -0.15) is 5.10 Å². The molecule has 0 fully saturated rings. The number of anilines is 1. The van der Waals surface area contributed by atoms with Gasteiger partial charge in [0.2, 0.25) is 0 Å². The molecule has 0 bridgehead atoms. The molecule has 1 N–H and O–H groups in total. The van der Waals surface area contributed by atoms with Gasteiger partial charge in [-0.25, -0.2) is 4.98 Å². The molecule has 0 aliphatic heterocycles. The van der Waals surface area contributed by atoms with E-state index in [1.165, 1.54) is 18.3 Å². The predicted molar refractivity (Wildman–Crippen MR) is 86.4 cm³/mol. The number of nitrogens with zero attached hydrogens (tertiary/aromatic N) is 3. The molecule has 0 aliphatic rings. The lowest BCUT2D eigenvalue weighted by Gasteiger charge is -2.10. The minimum absolute atomic E-state index is 0.0738. The molecule has 23 heavy (non-hydrogen) atoms. The molecule has 0 amide bonds. The van der Waals surface area contributed by atoms with Crippen molar-refractivity contribution in [1.82, 2.24) is 4.98 Å². The number of benzene rings is 1. The quantitative estimate of drug-likeness (QED) is 0.500. The van der Waals surface area contributed by atoms with Gasteiger partial charge < -0.3 is 9.47 Å². The summed E-state index contributed by atoms with van der Waals surface area (Å²) in [6.45, 7) is 1.92.